The zero-order valence-electron chi connectivity index (χ0n) is 9.35. The highest BCUT2D eigenvalue weighted by Crippen LogP contribution is 2.14. The molecule has 2 heteroatoms. The maximum absolute atomic E-state index is 9.51. The molecule has 82 valence electrons. The molecule has 1 rings (SSSR count). The fraction of sp³-hybridized carbons (Fsp3) is 0.0714. The van der Waals surface area contributed by atoms with Crippen LogP contribution in [0.15, 0.2) is 65.8 Å². The second-order valence-electron chi connectivity index (χ2n) is 3.35. The molecule has 0 aromatic heterocycles. The van der Waals surface area contributed by atoms with Crippen molar-refractivity contribution in [1.82, 2.24) is 0 Å². The van der Waals surface area contributed by atoms with Crippen LogP contribution in [0.3, 0.4) is 0 Å². The average Bonchev–Trinajstić information content (AvgIpc) is 2.28. The fourth-order valence-electron chi connectivity index (χ4n) is 1.12. The van der Waals surface area contributed by atoms with Crippen LogP contribution >= 0.6 is 0 Å². The van der Waals surface area contributed by atoms with Gasteiger partial charge in [-0.05, 0) is 24.6 Å². The molecule has 0 aliphatic carbocycles. The number of hydrogen-bond donors (Lipinski definition) is 1. The van der Waals surface area contributed by atoms with Crippen molar-refractivity contribution in [2.24, 2.45) is 4.99 Å². The van der Waals surface area contributed by atoms with E-state index in [-0.39, 0.29) is 5.75 Å². The Morgan fingerprint density at radius 3 is 2.69 bits per heavy atom. The number of para-hydroxylation sites is 1. The number of nitrogens with zero attached hydrogens (tertiary/aromatic N) is 1. The first-order valence-corrected chi connectivity index (χ1v) is 4.96. The molecule has 0 aliphatic heterocycles. The van der Waals surface area contributed by atoms with Gasteiger partial charge in [0.1, 0.15) is 5.75 Å². The van der Waals surface area contributed by atoms with Gasteiger partial charge >= 0.3 is 0 Å². The summed E-state index contributed by atoms with van der Waals surface area (Å²) in [5, 5.41) is 9.51. The molecule has 0 atom stereocenters. The largest absolute Gasteiger partial charge is 0.507 e. The third-order valence-electron chi connectivity index (χ3n) is 2.12. The Morgan fingerprint density at radius 1 is 1.38 bits per heavy atom. The summed E-state index contributed by atoms with van der Waals surface area (Å²) in [7, 11) is 0. The van der Waals surface area contributed by atoms with Gasteiger partial charge in [0, 0.05) is 11.8 Å². The monoisotopic (exact) mass is 213 g/mol. The van der Waals surface area contributed by atoms with E-state index in [1.165, 1.54) is 0 Å². The van der Waals surface area contributed by atoms with Gasteiger partial charge in [-0.25, -0.2) is 0 Å². The fourth-order valence-corrected chi connectivity index (χ4v) is 1.12. The summed E-state index contributed by atoms with van der Waals surface area (Å²) in [6, 6.07) is 7.02. The van der Waals surface area contributed by atoms with Gasteiger partial charge in [0.25, 0.3) is 0 Å². The Hall–Kier alpha value is -2.09. The van der Waals surface area contributed by atoms with Crippen molar-refractivity contribution in [2.75, 3.05) is 0 Å². The molecule has 0 spiro atoms. The van der Waals surface area contributed by atoms with Crippen molar-refractivity contribution in [2.45, 2.75) is 6.92 Å². The minimum absolute atomic E-state index is 0.212. The van der Waals surface area contributed by atoms with Crippen LogP contribution in [0.25, 0.3) is 0 Å². The normalized spacial score (nSPS) is 11.7. The maximum atomic E-state index is 9.51. The van der Waals surface area contributed by atoms with E-state index in [9.17, 15) is 5.11 Å². The molecule has 0 aliphatic rings. The lowest BCUT2D eigenvalue weighted by Crippen LogP contribution is -1.84. The van der Waals surface area contributed by atoms with Crippen molar-refractivity contribution >= 4 is 6.21 Å². The summed E-state index contributed by atoms with van der Waals surface area (Å²) < 4.78 is 0. The molecular weight excluding hydrogens is 198 g/mol. The average molecular weight is 213 g/mol. The summed E-state index contributed by atoms with van der Waals surface area (Å²) in [5.74, 6) is 0.212. The number of phenols is 1. The van der Waals surface area contributed by atoms with Gasteiger partial charge in [0.2, 0.25) is 0 Å². The zero-order valence-corrected chi connectivity index (χ0v) is 9.35. The lowest BCUT2D eigenvalue weighted by Gasteiger charge is -1.99. The molecule has 0 saturated carbocycles. The lowest BCUT2D eigenvalue weighted by atomic mass is 10.2. The van der Waals surface area contributed by atoms with Crippen molar-refractivity contribution in [3.63, 3.8) is 0 Å². The van der Waals surface area contributed by atoms with E-state index in [0.717, 1.165) is 5.57 Å². The molecule has 0 amide bonds. The van der Waals surface area contributed by atoms with E-state index in [0.29, 0.717) is 11.3 Å². The Morgan fingerprint density at radius 2 is 2.06 bits per heavy atom. The molecule has 0 bridgehead atoms. The van der Waals surface area contributed by atoms with Crippen LogP contribution in [-0.2, 0) is 0 Å². The SMILES string of the molecule is C=C/C=C(/C)C(=C)N=Cc1ccccc1O. The molecule has 0 unspecified atom stereocenters. The molecule has 1 aromatic carbocycles. The third-order valence-corrected chi connectivity index (χ3v) is 2.12. The van der Waals surface area contributed by atoms with Crippen LogP contribution in [0.4, 0.5) is 0 Å². The zero-order chi connectivity index (χ0) is 12.0. The topological polar surface area (TPSA) is 32.6 Å². The minimum atomic E-state index is 0.212. The van der Waals surface area contributed by atoms with E-state index in [2.05, 4.69) is 18.2 Å². The molecule has 1 N–H and O–H groups in total. The summed E-state index contributed by atoms with van der Waals surface area (Å²) in [5.41, 5.74) is 2.28. The van der Waals surface area contributed by atoms with E-state index >= 15 is 0 Å². The Kier molecular flexibility index (Phi) is 4.28. The predicted octanol–water partition coefficient (Wildman–Crippen LogP) is 3.46. The van der Waals surface area contributed by atoms with Crippen molar-refractivity contribution in [1.29, 1.82) is 0 Å². The molecule has 2 nitrogen and oxygen atoms in total. The number of phenolic OH excluding ortho intramolecular Hbond substituents is 1. The van der Waals surface area contributed by atoms with Crippen molar-refractivity contribution in [3.8, 4) is 5.75 Å². The molecule has 0 fully saturated rings. The Labute approximate surface area is 96.0 Å². The highest BCUT2D eigenvalue weighted by atomic mass is 16.3. The van der Waals surface area contributed by atoms with Crippen molar-refractivity contribution in [3.05, 3.63) is 66.4 Å². The van der Waals surface area contributed by atoms with Crippen LogP contribution in [0.5, 0.6) is 5.75 Å². The number of allylic oxidation sites excluding steroid dienone is 3. The number of benzene rings is 1. The smallest absolute Gasteiger partial charge is 0.124 e. The second kappa shape index (κ2) is 5.71. The molecule has 0 radical (unpaired) electrons. The second-order valence-corrected chi connectivity index (χ2v) is 3.35. The van der Waals surface area contributed by atoms with Crippen LogP contribution in [0.2, 0.25) is 0 Å². The maximum Gasteiger partial charge on any atom is 0.124 e. The van der Waals surface area contributed by atoms with Gasteiger partial charge in [-0.1, -0.05) is 37.4 Å². The summed E-state index contributed by atoms with van der Waals surface area (Å²) >= 11 is 0. The van der Waals surface area contributed by atoms with Crippen LogP contribution in [0, 0.1) is 0 Å². The first-order chi connectivity index (χ1) is 7.65. The van der Waals surface area contributed by atoms with Gasteiger partial charge < -0.3 is 5.11 Å². The van der Waals surface area contributed by atoms with Gasteiger partial charge in [0.15, 0.2) is 0 Å². The van der Waals surface area contributed by atoms with Crippen LogP contribution < -0.4 is 0 Å². The summed E-state index contributed by atoms with van der Waals surface area (Å²) in [4.78, 5) is 4.18. The quantitative estimate of drug-likeness (QED) is 0.603. The van der Waals surface area contributed by atoms with Gasteiger partial charge in [-0.15, -0.1) is 0 Å². The van der Waals surface area contributed by atoms with Crippen LogP contribution in [-0.4, -0.2) is 11.3 Å². The molecule has 1 aromatic rings. The summed E-state index contributed by atoms with van der Waals surface area (Å²) in [6.45, 7) is 9.34. The van der Waals surface area contributed by atoms with E-state index in [4.69, 9.17) is 0 Å². The predicted molar refractivity (Wildman–Crippen MR) is 68.8 cm³/mol. The molecular formula is C14H15NO. The first kappa shape index (κ1) is 12.0. The standard InChI is InChI=1S/C14H15NO/c1-4-7-11(2)12(3)15-10-13-8-5-6-9-14(13)16/h4-10,16H,1,3H2,2H3/b11-7-,15-10?. The van der Waals surface area contributed by atoms with E-state index in [1.807, 2.05) is 19.1 Å². The van der Waals surface area contributed by atoms with Gasteiger partial charge in [-0.2, -0.15) is 0 Å². The minimum Gasteiger partial charge on any atom is -0.507 e. The van der Waals surface area contributed by atoms with Gasteiger partial charge in [0.05, 0.1) is 5.70 Å². The molecule has 0 saturated heterocycles. The highest BCUT2D eigenvalue weighted by Gasteiger charge is 1.96. The van der Waals surface area contributed by atoms with Crippen LogP contribution in [0.1, 0.15) is 12.5 Å². The number of aromatic hydroxyl groups is 1. The van der Waals surface area contributed by atoms with E-state index < -0.39 is 0 Å². The Bertz CT molecular complexity index is 456. The first-order valence-electron chi connectivity index (χ1n) is 4.96. The molecule has 16 heavy (non-hydrogen) atoms. The summed E-state index contributed by atoms with van der Waals surface area (Å²) in [6.07, 6.45) is 5.12. The third kappa shape index (κ3) is 3.24. The number of hydrogen-bond acceptors (Lipinski definition) is 2. The number of rotatable bonds is 4. The van der Waals surface area contributed by atoms with E-state index in [1.54, 1.807) is 30.5 Å². The molecule has 0 heterocycles. The van der Waals surface area contributed by atoms with Crippen molar-refractivity contribution < 1.29 is 5.11 Å². The number of aliphatic imine (C=N–C) groups is 1. The van der Waals surface area contributed by atoms with Gasteiger partial charge in [-0.3, -0.25) is 4.99 Å². The lowest BCUT2D eigenvalue weighted by molar-refractivity contribution is 0.474. The highest BCUT2D eigenvalue weighted by molar-refractivity contribution is 5.84. The Balaban J connectivity index is 2.82.